The van der Waals surface area contributed by atoms with Crippen LogP contribution in [0.3, 0.4) is 0 Å². The van der Waals surface area contributed by atoms with Crippen LogP contribution < -0.4 is 10.9 Å². The maximum absolute atomic E-state index is 16.4. The van der Waals surface area contributed by atoms with E-state index in [4.69, 9.17) is 6.42 Å². The molecule has 0 saturated carbocycles. The number of nitrogens with one attached hydrogen (secondary N) is 1. The van der Waals surface area contributed by atoms with Gasteiger partial charge in [0.15, 0.2) is 0 Å². The second-order valence-electron chi connectivity index (χ2n) is 12.2. The number of rotatable bonds is 12. The lowest BCUT2D eigenvalue weighted by Crippen LogP contribution is -2.41. The molecule has 0 radical (unpaired) electrons. The van der Waals surface area contributed by atoms with Gasteiger partial charge in [0, 0.05) is 29.9 Å². The largest absolute Gasteiger partial charge is 0.481 e. The molecule has 7 nitrogen and oxygen atoms in total. The number of alkyl halides is 3. The predicted molar refractivity (Wildman–Crippen MR) is 169 cm³/mol. The van der Waals surface area contributed by atoms with E-state index in [0.29, 0.717) is 22.8 Å². The van der Waals surface area contributed by atoms with Crippen molar-refractivity contribution < 1.29 is 36.6 Å². The molecule has 0 spiro atoms. The van der Waals surface area contributed by atoms with Crippen molar-refractivity contribution in [2.24, 2.45) is 5.92 Å². The highest BCUT2D eigenvalue weighted by Gasteiger charge is 2.36. The highest BCUT2D eigenvalue weighted by atomic mass is 19.4. The number of carbonyl (C=O) groups is 2. The van der Waals surface area contributed by atoms with Crippen LogP contribution in [0.2, 0.25) is 0 Å². The summed E-state index contributed by atoms with van der Waals surface area (Å²) in [5.41, 5.74) is -2.07. The number of likely N-dealkylation sites (N-methyl/N-ethyl adjacent to an activating group) is 1. The number of aryl methyl sites for hydroxylation is 2. The molecule has 0 aliphatic heterocycles. The average molecular weight is 660 g/mol. The Bertz CT molecular complexity index is 1740. The highest BCUT2D eigenvalue weighted by Crippen LogP contribution is 2.37. The number of aromatic nitrogens is 1. The number of aliphatic carboxylic acids is 1. The lowest BCUT2D eigenvalue weighted by atomic mass is 9.89. The molecule has 47 heavy (non-hydrogen) atoms. The van der Waals surface area contributed by atoms with Crippen LogP contribution in [0.25, 0.3) is 11.1 Å². The van der Waals surface area contributed by atoms with Crippen molar-refractivity contribution >= 4 is 11.9 Å². The Morgan fingerprint density at radius 1 is 1.09 bits per heavy atom. The van der Waals surface area contributed by atoms with Crippen LogP contribution in [0.4, 0.5) is 22.0 Å². The molecule has 0 fully saturated rings. The van der Waals surface area contributed by atoms with Gasteiger partial charge in [-0.05, 0) is 75.0 Å². The van der Waals surface area contributed by atoms with Crippen LogP contribution >= 0.6 is 0 Å². The summed E-state index contributed by atoms with van der Waals surface area (Å²) in [5, 5.41) is 12.1. The molecule has 252 valence electrons. The van der Waals surface area contributed by atoms with E-state index < -0.39 is 64.9 Å². The molecular weight excluding hydrogens is 621 g/mol. The Kier molecular flexibility index (Phi) is 11.7. The normalized spacial score (nSPS) is 13.0. The second-order valence-corrected chi connectivity index (χ2v) is 12.2. The van der Waals surface area contributed by atoms with Crippen LogP contribution in [0.5, 0.6) is 0 Å². The second kappa shape index (κ2) is 14.9. The fourth-order valence-corrected chi connectivity index (χ4v) is 5.59. The SMILES string of the molecule is C#Cc1cc(-c2c(C)cccc2C)c(F)c([C@H](CC(=O)O)NC(=O)[C@H](CC(C)C)n2cc(CCN(C)C)c(C(F)(F)F)cc2=O)c1F. The zero-order chi connectivity index (χ0) is 35.4. The van der Waals surface area contributed by atoms with Crippen molar-refractivity contribution in [3.63, 3.8) is 0 Å². The number of terminal acetylenes is 1. The Morgan fingerprint density at radius 2 is 1.70 bits per heavy atom. The maximum Gasteiger partial charge on any atom is 0.416 e. The van der Waals surface area contributed by atoms with Gasteiger partial charge in [0.25, 0.3) is 5.56 Å². The van der Waals surface area contributed by atoms with Gasteiger partial charge in [-0.1, -0.05) is 38.0 Å². The summed E-state index contributed by atoms with van der Waals surface area (Å²) in [6.07, 6.45) is 0.560. The summed E-state index contributed by atoms with van der Waals surface area (Å²) in [6.45, 7) is 7.05. The highest BCUT2D eigenvalue weighted by molar-refractivity contribution is 5.82. The van der Waals surface area contributed by atoms with Gasteiger partial charge in [0.2, 0.25) is 5.91 Å². The van der Waals surface area contributed by atoms with Gasteiger partial charge < -0.3 is 19.9 Å². The molecule has 2 N–H and O–H groups in total. The average Bonchev–Trinajstić information content (AvgIpc) is 2.95. The van der Waals surface area contributed by atoms with Gasteiger partial charge in [-0.15, -0.1) is 6.42 Å². The van der Waals surface area contributed by atoms with E-state index in [1.165, 1.54) is 0 Å². The first-order valence-corrected chi connectivity index (χ1v) is 14.9. The molecule has 0 aliphatic rings. The number of nitrogens with zero attached hydrogens (tertiary/aromatic N) is 2. The quantitative estimate of drug-likeness (QED) is 0.173. The minimum absolute atomic E-state index is 0.0625. The van der Waals surface area contributed by atoms with Gasteiger partial charge in [-0.25, -0.2) is 8.78 Å². The van der Waals surface area contributed by atoms with Gasteiger partial charge in [-0.3, -0.25) is 14.4 Å². The molecule has 3 aromatic rings. The Balaban J connectivity index is 2.22. The van der Waals surface area contributed by atoms with E-state index in [9.17, 15) is 32.7 Å². The first-order chi connectivity index (χ1) is 21.9. The van der Waals surface area contributed by atoms with E-state index in [0.717, 1.165) is 16.8 Å². The van der Waals surface area contributed by atoms with E-state index >= 15 is 8.78 Å². The lowest BCUT2D eigenvalue weighted by Gasteiger charge is -2.27. The molecule has 2 atom stereocenters. The smallest absolute Gasteiger partial charge is 0.416 e. The van der Waals surface area contributed by atoms with E-state index in [1.807, 2.05) is 0 Å². The zero-order valence-corrected chi connectivity index (χ0v) is 27.1. The van der Waals surface area contributed by atoms with Gasteiger partial charge >= 0.3 is 12.1 Å². The van der Waals surface area contributed by atoms with Crippen molar-refractivity contribution in [3.05, 3.63) is 91.9 Å². The van der Waals surface area contributed by atoms with Crippen LogP contribution in [0.15, 0.2) is 41.3 Å². The van der Waals surface area contributed by atoms with Crippen LogP contribution in [-0.2, 0) is 22.2 Å². The Morgan fingerprint density at radius 3 is 2.21 bits per heavy atom. The molecule has 1 heterocycles. The van der Waals surface area contributed by atoms with E-state index in [-0.39, 0.29) is 42.0 Å². The number of pyridine rings is 1. The van der Waals surface area contributed by atoms with Gasteiger partial charge in [-0.2, -0.15) is 13.2 Å². The fourth-order valence-electron chi connectivity index (χ4n) is 5.59. The first kappa shape index (κ1) is 37.0. The summed E-state index contributed by atoms with van der Waals surface area (Å²) in [5.74, 6) is -3.02. The molecule has 12 heteroatoms. The van der Waals surface area contributed by atoms with Crippen molar-refractivity contribution in [1.29, 1.82) is 0 Å². The third-order valence-corrected chi connectivity index (χ3v) is 7.81. The number of carboxylic acids is 1. The number of hydrogen-bond acceptors (Lipinski definition) is 4. The van der Waals surface area contributed by atoms with E-state index in [2.05, 4.69) is 11.2 Å². The Labute approximate surface area is 270 Å². The number of carbonyl (C=O) groups excluding carboxylic acids is 1. The fraction of sp³-hybridized carbons (Fsp3) is 0.400. The third kappa shape index (κ3) is 8.65. The van der Waals surface area contributed by atoms with Crippen molar-refractivity contribution in [2.45, 2.75) is 65.2 Å². The summed E-state index contributed by atoms with van der Waals surface area (Å²) >= 11 is 0. The van der Waals surface area contributed by atoms with Gasteiger partial charge in [0.1, 0.15) is 17.7 Å². The van der Waals surface area contributed by atoms with Crippen LogP contribution in [0.1, 0.15) is 72.2 Å². The number of carboxylic acid groups (broad SMARTS) is 1. The van der Waals surface area contributed by atoms with Crippen LogP contribution in [0, 0.1) is 43.7 Å². The zero-order valence-electron chi connectivity index (χ0n) is 27.1. The minimum atomic E-state index is -4.84. The molecule has 0 unspecified atom stereocenters. The summed E-state index contributed by atoms with van der Waals surface area (Å²) in [7, 11) is 3.33. The number of halogens is 5. The number of benzene rings is 2. The van der Waals surface area contributed by atoms with Crippen molar-refractivity contribution in [2.75, 3.05) is 20.6 Å². The molecule has 2 aromatic carbocycles. The summed E-state index contributed by atoms with van der Waals surface area (Å²) < 4.78 is 74.8. The monoisotopic (exact) mass is 659 g/mol. The van der Waals surface area contributed by atoms with E-state index in [1.54, 1.807) is 64.9 Å². The predicted octanol–water partition coefficient (Wildman–Crippen LogP) is 6.43. The molecule has 0 bridgehead atoms. The molecule has 0 aliphatic carbocycles. The minimum Gasteiger partial charge on any atom is -0.481 e. The van der Waals surface area contributed by atoms with Crippen molar-refractivity contribution in [1.82, 2.24) is 14.8 Å². The molecule has 3 rings (SSSR count). The summed E-state index contributed by atoms with van der Waals surface area (Å²) in [6, 6.07) is 3.48. The lowest BCUT2D eigenvalue weighted by molar-refractivity contribution is -0.139. The topological polar surface area (TPSA) is 91.6 Å². The molecule has 1 aromatic heterocycles. The van der Waals surface area contributed by atoms with Gasteiger partial charge in [0.05, 0.1) is 23.6 Å². The number of hydrogen-bond donors (Lipinski definition) is 2. The molecule has 1 amide bonds. The summed E-state index contributed by atoms with van der Waals surface area (Å²) in [4.78, 5) is 40.7. The maximum atomic E-state index is 16.4. The molecular formula is C35H38F5N3O4. The van der Waals surface area contributed by atoms with Crippen molar-refractivity contribution in [3.8, 4) is 23.5 Å². The third-order valence-electron chi connectivity index (χ3n) is 7.81. The standard InChI is InChI=1S/C35H38F5N3O4/c1-8-22-15-24(30-20(4)10-9-11-21(30)5)33(37)31(32(22)36)26(17-29(45)46)41-34(47)27(14-19(2)3)43-18-23(12-13-42(6)7)25(16-28(43)44)35(38,39)40/h1,9-11,15-16,18-19,26-27H,12-14,17H2,2-7H3,(H,41,47)(H,45,46)/t26-,27-/m0/s1. The molecule has 0 saturated heterocycles. The van der Waals surface area contributed by atoms with Crippen LogP contribution in [-0.4, -0.2) is 47.1 Å². The Hall–Kier alpha value is -4.50. The number of amides is 1. The first-order valence-electron chi connectivity index (χ1n) is 14.9.